The summed E-state index contributed by atoms with van der Waals surface area (Å²) in [5.41, 5.74) is 1.11. The number of piperidine rings is 1. The van der Waals surface area contributed by atoms with Gasteiger partial charge in [-0.05, 0) is 57.5 Å². The first kappa shape index (κ1) is 15.2. The zero-order chi connectivity index (χ0) is 15.4. The maximum absolute atomic E-state index is 12.2. The second kappa shape index (κ2) is 7.05. The van der Waals surface area contributed by atoms with Crippen LogP contribution in [0.3, 0.4) is 0 Å². The van der Waals surface area contributed by atoms with Crippen LogP contribution in [0.1, 0.15) is 59.2 Å². The maximum atomic E-state index is 12.2. The molecule has 1 aromatic rings. The molecule has 0 saturated carbocycles. The fraction of sp³-hybridized carbons (Fsp3) is 0.556. The number of likely N-dealkylation sites (tertiary alicyclic amines) is 1. The first-order chi connectivity index (χ1) is 10.8. The summed E-state index contributed by atoms with van der Waals surface area (Å²) >= 11 is 0. The first-order valence-electron chi connectivity index (χ1n) is 8.45. The molecule has 1 saturated heterocycles. The number of hydrogen-bond acceptors (Lipinski definition) is 3. The van der Waals surface area contributed by atoms with Crippen LogP contribution < -0.4 is 0 Å². The summed E-state index contributed by atoms with van der Waals surface area (Å²) in [4.78, 5) is 28.4. The first-order valence-corrected chi connectivity index (χ1v) is 8.45. The highest BCUT2D eigenvalue weighted by Crippen LogP contribution is 2.22. The smallest absolute Gasteiger partial charge is 0.261 e. The summed E-state index contributed by atoms with van der Waals surface area (Å²) < 4.78 is 0. The Balaban J connectivity index is 1.41. The van der Waals surface area contributed by atoms with Crippen LogP contribution >= 0.6 is 0 Å². The third-order valence-electron chi connectivity index (χ3n) is 4.68. The molecule has 2 amide bonds. The van der Waals surface area contributed by atoms with E-state index in [2.05, 4.69) is 4.90 Å². The van der Waals surface area contributed by atoms with Crippen molar-refractivity contribution in [1.29, 1.82) is 0 Å². The van der Waals surface area contributed by atoms with Crippen molar-refractivity contribution in [2.75, 3.05) is 26.2 Å². The van der Waals surface area contributed by atoms with Gasteiger partial charge in [0.05, 0.1) is 11.1 Å². The van der Waals surface area contributed by atoms with Gasteiger partial charge < -0.3 is 4.90 Å². The molecule has 1 aromatic carbocycles. The van der Waals surface area contributed by atoms with E-state index in [-0.39, 0.29) is 11.8 Å². The lowest BCUT2D eigenvalue weighted by Crippen LogP contribution is -2.31. The van der Waals surface area contributed by atoms with Crippen LogP contribution in [0.2, 0.25) is 0 Å². The summed E-state index contributed by atoms with van der Waals surface area (Å²) in [6.45, 7) is 4.17. The minimum Gasteiger partial charge on any atom is -0.303 e. The van der Waals surface area contributed by atoms with Gasteiger partial charge in [-0.2, -0.15) is 0 Å². The number of benzene rings is 1. The fourth-order valence-electron chi connectivity index (χ4n) is 3.41. The molecule has 0 spiro atoms. The molecule has 0 unspecified atom stereocenters. The predicted octanol–water partition coefficient (Wildman–Crippen LogP) is 2.94. The van der Waals surface area contributed by atoms with Gasteiger partial charge in [0.1, 0.15) is 0 Å². The van der Waals surface area contributed by atoms with Gasteiger partial charge in [0.2, 0.25) is 0 Å². The van der Waals surface area contributed by atoms with E-state index in [1.165, 1.54) is 37.3 Å². The van der Waals surface area contributed by atoms with Gasteiger partial charge in [0.25, 0.3) is 11.8 Å². The fourth-order valence-corrected chi connectivity index (χ4v) is 3.41. The van der Waals surface area contributed by atoms with Crippen LogP contribution in [0.4, 0.5) is 0 Å². The molecule has 4 heteroatoms. The molecule has 0 aromatic heterocycles. The van der Waals surface area contributed by atoms with E-state index in [0.717, 1.165) is 25.8 Å². The third-order valence-corrected chi connectivity index (χ3v) is 4.68. The third kappa shape index (κ3) is 3.22. The van der Waals surface area contributed by atoms with Gasteiger partial charge in [-0.15, -0.1) is 0 Å². The molecule has 3 rings (SSSR count). The second-order valence-corrected chi connectivity index (χ2v) is 6.27. The van der Waals surface area contributed by atoms with Crippen molar-refractivity contribution in [3.8, 4) is 0 Å². The summed E-state index contributed by atoms with van der Waals surface area (Å²) in [7, 11) is 0. The van der Waals surface area contributed by atoms with E-state index in [0.29, 0.717) is 17.7 Å². The highest BCUT2D eigenvalue weighted by atomic mass is 16.2. The number of amides is 2. The number of unbranched alkanes of at least 4 members (excludes halogenated alkanes) is 2. The van der Waals surface area contributed by atoms with Crippen LogP contribution in [0.15, 0.2) is 24.3 Å². The Hall–Kier alpha value is -1.68. The molecule has 4 nitrogen and oxygen atoms in total. The SMILES string of the molecule is O=C1c2ccccc2C(=O)N1CCCCCN1CCCCC1. The summed E-state index contributed by atoms with van der Waals surface area (Å²) in [6.07, 6.45) is 7.16. The number of fused-ring (bicyclic) bond motifs is 1. The Bertz CT molecular complexity index is 515. The van der Waals surface area contributed by atoms with Gasteiger partial charge >= 0.3 is 0 Å². The van der Waals surface area contributed by atoms with Crippen molar-refractivity contribution < 1.29 is 9.59 Å². The molecule has 0 radical (unpaired) electrons. The average Bonchev–Trinajstić information content (AvgIpc) is 2.81. The molecule has 0 atom stereocenters. The lowest BCUT2D eigenvalue weighted by atomic mass is 10.1. The predicted molar refractivity (Wildman–Crippen MR) is 86.0 cm³/mol. The second-order valence-electron chi connectivity index (χ2n) is 6.27. The van der Waals surface area contributed by atoms with E-state index in [1.807, 2.05) is 12.1 Å². The summed E-state index contributed by atoms with van der Waals surface area (Å²) in [5, 5.41) is 0. The van der Waals surface area contributed by atoms with Crippen LogP contribution in [0.5, 0.6) is 0 Å². The van der Waals surface area contributed by atoms with Crippen LogP contribution in [-0.4, -0.2) is 47.8 Å². The highest BCUT2D eigenvalue weighted by molar-refractivity contribution is 6.21. The molecule has 118 valence electrons. The number of imide groups is 1. The number of rotatable bonds is 6. The van der Waals surface area contributed by atoms with Crippen molar-refractivity contribution in [3.63, 3.8) is 0 Å². The van der Waals surface area contributed by atoms with E-state index in [9.17, 15) is 9.59 Å². The lowest BCUT2D eigenvalue weighted by molar-refractivity contribution is 0.0651. The van der Waals surface area contributed by atoms with Crippen LogP contribution in [-0.2, 0) is 0 Å². The van der Waals surface area contributed by atoms with E-state index in [1.54, 1.807) is 12.1 Å². The molecule has 2 aliphatic rings. The Kier molecular flexibility index (Phi) is 4.88. The summed E-state index contributed by atoms with van der Waals surface area (Å²) in [6, 6.07) is 7.11. The number of carbonyl (C=O) groups is 2. The monoisotopic (exact) mass is 300 g/mol. The van der Waals surface area contributed by atoms with Crippen molar-refractivity contribution in [2.24, 2.45) is 0 Å². The summed E-state index contributed by atoms with van der Waals surface area (Å²) in [5.74, 6) is -0.256. The van der Waals surface area contributed by atoms with Crippen molar-refractivity contribution in [2.45, 2.75) is 38.5 Å². The molecular weight excluding hydrogens is 276 g/mol. The normalized spacial score (nSPS) is 18.8. The number of carbonyl (C=O) groups excluding carboxylic acids is 2. The molecule has 1 fully saturated rings. The topological polar surface area (TPSA) is 40.6 Å². The van der Waals surface area contributed by atoms with Crippen LogP contribution in [0.25, 0.3) is 0 Å². The lowest BCUT2D eigenvalue weighted by Gasteiger charge is -2.26. The Morgan fingerprint density at radius 1 is 0.773 bits per heavy atom. The van der Waals surface area contributed by atoms with Gasteiger partial charge in [0, 0.05) is 6.54 Å². The maximum Gasteiger partial charge on any atom is 0.261 e. The molecule has 22 heavy (non-hydrogen) atoms. The molecule has 0 aliphatic carbocycles. The van der Waals surface area contributed by atoms with Crippen LogP contribution in [0, 0.1) is 0 Å². The van der Waals surface area contributed by atoms with Crippen molar-refractivity contribution in [3.05, 3.63) is 35.4 Å². The zero-order valence-electron chi connectivity index (χ0n) is 13.1. The standard InChI is InChI=1S/C18H24N2O2/c21-17-15-9-3-4-10-16(15)18(22)20(17)14-8-2-7-13-19-11-5-1-6-12-19/h3-4,9-10H,1-2,5-8,11-14H2. The molecule has 0 bridgehead atoms. The Morgan fingerprint density at radius 2 is 1.36 bits per heavy atom. The Morgan fingerprint density at radius 3 is 2.00 bits per heavy atom. The van der Waals surface area contributed by atoms with Gasteiger partial charge in [0.15, 0.2) is 0 Å². The van der Waals surface area contributed by atoms with E-state index >= 15 is 0 Å². The number of nitrogens with zero attached hydrogens (tertiary/aromatic N) is 2. The van der Waals surface area contributed by atoms with Gasteiger partial charge in [-0.25, -0.2) is 0 Å². The molecule has 2 heterocycles. The largest absolute Gasteiger partial charge is 0.303 e. The van der Waals surface area contributed by atoms with E-state index in [4.69, 9.17) is 0 Å². The van der Waals surface area contributed by atoms with Gasteiger partial charge in [-0.1, -0.05) is 25.0 Å². The minimum atomic E-state index is -0.128. The van der Waals surface area contributed by atoms with Crippen molar-refractivity contribution >= 4 is 11.8 Å². The van der Waals surface area contributed by atoms with Gasteiger partial charge in [-0.3, -0.25) is 14.5 Å². The zero-order valence-corrected chi connectivity index (χ0v) is 13.1. The van der Waals surface area contributed by atoms with E-state index < -0.39 is 0 Å². The molecule has 0 N–H and O–H groups in total. The molecule has 2 aliphatic heterocycles. The Labute approximate surface area is 132 Å². The molecular formula is C18H24N2O2. The average molecular weight is 300 g/mol. The number of hydrogen-bond donors (Lipinski definition) is 0. The quantitative estimate of drug-likeness (QED) is 0.599. The highest BCUT2D eigenvalue weighted by Gasteiger charge is 2.34. The minimum absolute atomic E-state index is 0.128. The van der Waals surface area contributed by atoms with Crippen molar-refractivity contribution in [1.82, 2.24) is 9.80 Å².